The molecule has 1 rings (SSSR count). The molecule has 0 saturated heterocycles. The molecule has 0 bridgehead atoms. The Morgan fingerprint density at radius 2 is 2.06 bits per heavy atom. The van der Waals surface area contributed by atoms with Crippen molar-refractivity contribution in [3.8, 4) is 5.75 Å². The largest absolute Gasteiger partial charge is 0.493 e. The van der Waals surface area contributed by atoms with E-state index >= 15 is 0 Å². The molecule has 1 aromatic heterocycles. The van der Waals surface area contributed by atoms with Crippen LogP contribution in [0.3, 0.4) is 0 Å². The number of nitrogens with two attached hydrogens (primary N) is 1. The van der Waals surface area contributed by atoms with Gasteiger partial charge < -0.3 is 4.74 Å². The zero-order valence-electron chi connectivity index (χ0n) is 7.95. The minimum atomic E-state index is -4.36. The maximum Gasteiger partial charge on any atom is 0.284 e. The number of alkyl halides is 2. The third-order valence-corrected chi connectivity index (χ3v) is 2.57. The van der Waals surface area contributed by atoms with Crippen LogP contribution in [0.25, 0.3) is 0 Å². The highest BCUT2D eigenvalue weighted by Crippen LogP contribution is 2.32. The van der Waals surface area contributed by atoms with Crippen molar-refractivity contribution in [3.63, 3.8) is 0 Å². The maximum absolute atomic E-state index is 12.8. The molecule has 16 heavy (non-hydrogen) atoms. The van der Waals surface area contributed by atoms with Crippen molar-refractivity contribution in [1.29, 1.82) is 0 Å². The van der Waals surface area contributed by atoms with Gasteiger partial charge in [-0.1, -0.05) is 0 Å². The van der Waals surface area contributed by atoms with Crippen LogP contribution in [0, 0.1) is 5.95 Å². The highest BCUT2D eigenvalue weighted by atomic mass is 32.2. The fourth-order valence-electron chi connectivity index (χ4n) is 1.06. The number of hydrogen-bond acceptors (Lipinski definition) is 4. The lowest BCUT2D eigenvalue weighted by Gasteiger charge is -2.10. The summed E-state index contributed by atoms with van der Waals surface area (Å²) < 4.78 is 64.1. The zero-order valence-corrected chi connectivity index (χ0v) is 8.76. The van der Waals surface area contributed by atoms with Crippen LogP contribution in [0.4, 0.5) is 13.2 Å². The van der Waals surface area contributed by atoms with Crippen LogP contribution in [0.2, 0.25) is 0 Å². The van der Waals surface area contributed by atoms with Gasteiger partial charge >= 0.3 is 0 Å². The highest BCUT2D eigenvalue weighted by molar-refractivity contribution is 7.89. The first-order chi connectivity index (χ1) is 7.27. The summed E-state index contributed by atoms with van der Waals surface area (Å²) in [5.41, 5.74) is -1.11. The van der Waals surface area contributed by atoms with E-state index in [1.54, 1.807) is 0 Å². The second kappa shape index (κ2) is 4.26. The third kappa shape index (κ3) is 2.42. The van der Waals surface area contributed by atoms with Crippen LogP contribution < -0.4 is 9.88 Å². The van der Waals surface area contributed by atoms with Crippen LogP contribution in [-0.2, 0) is 10.0 Å². The van der Waals surface area contributed by atoms with Crippen molar-refractivity contribution in [2.24, 2.45) is 5.14 Å². The number of pyridine rings is 1. The molecule has 0 unspecified atom stereocenters. The Balaban J connectivity index is 3.62. The summed E-state index contributed by atoms with van der Waals surface area (Å²) >= 11 is 0. The number of methoxy groups -OCH3 is 1. The van der Waals surface area contributed by atoms with Gasteiger partial charge in [0.25, 0.3) is 6.43 Å². The van der Waals surface area contributed by atoms with Crippen LogP contribution in [0.15, 0.2) is 11.0 Å². The van der Waals surface area contributed by atoms with E-state index in [0.717, 1.165) is 7.11 Å². The van der Waals surface area contributed by atoms with E-state index in [1.165, 1.54) is 0 Å². The molecule has 0 aliphatic rings. The van der Waals surface area contributed by atoms with E-state index < -0.39 is 38.7 Å². The zero-order chi connectivity index (χ0) is 12.5. The van der Waals surface area contributed by atoms with E-state index in [1.807, 2.05) is 0 Å². The van der Waals surface area contributed by atoms with Crippen LogP contribution in [-0.4, -0.2) is 20.5 Å². The first kappa shape index (κ1) is 12.7. The fraction of sp³-hybridized carbons (Fsp3) is 0.286. The van der Waals surface area contributed by atoms with E-state index in [-0.39, 0.29) is 0 Å². The van der Waals surface area contributed by atoms with E-state index in [0.29, 0.717) is 6.07 Å². The number of nitrogens with zero attached hydrogens (tertiary/aromatic N) is 1. The van der Waals surface area contributed by atoms with Crippen molar-refractivity contribution in [1.82, 2.24) is 4.98 Å². The molecule has 0 aromatic carbocycles. The van der Waals surface area contributed by atoms with Gasteiger partial charge in [-0.05, 0) is 0 Å². The summed E-state index contributed by atoms with van der Waals surface area (Å²) in [6, 6.07) is 0.417. The van der Waals surface area contributed by atoms with E-state index in [2.05, 4.69) is 9.72 Å². The van der Waals surface area contributed by atoms with Gasteiger partial charge in [0.15, 0.2) is 11.4 Å². The van der Waals surface area contributed by atoms with Gasteiger partial charge in [0.1, 0.15) is 4.90 Å². The van der Waals surface area contributed by atoms with Crippen molar-refractivity contribution < 1.29 is 26.3 Å². The Hall–Kier alpha value is -1.35. The number of sulfonamides is 1. The van der Waals surface area contributed by atoms with Crippen molar-refractivity contribution in [3.05, 3.63) is 17.7 Å². The molecule has 0 radical (unpaired) electrons. The van der Waals surface area contributed by atoms with Gasteiger partial charge in [-0.15, -0.1) is 0 Å². The minimum absolute atomic E-state index is 0.417. The average molecular weight is 256 g/mol. The molecular formula is C7H7F3N2O3S. The monoisotopic (exact) mass is 256 g/mol. The van der Waals surface area contributed by atoms with Gasteiger partial charge in [0, 0.05) is 6.07 Å². The Morgan fingerprint density at radius 3 is 2.44 bits per heavy atom. The standard InChI is InChI=1S/C7H7F3N2O3S/c1-15-6-3(16(11,13)14)2-4(8)12-5(6)7(9)10/h2,7H,1H3,(H2,11,13,14). The SMILES string of the molecule is COc1c(S(N)(=O)=O)cc(F)nc1C(F)F. The molecular weight excluding hydrogens is 249 g/mol. The van der Waals surface area contributed by atoms with Gasteiger partial charge in [-0.2, -0.15) is 4.39 Å². The predicted octanol–water partition coefficient (Wildman–Crippen LogP) is 0.814. The molecule has 2 N–H and O–H groups in total. The molecule has 0 saturated carbocycles. The topological polar surface area (TPSA) is 82.3 Å². The summed E-state index contributed by atoms with van der Waals surface area (Å²) in [5.74, 6) is -2.13. The van der Waals surface area contributed by atoms with Gasteiger partial charge in [0.05, 0.1) is 7.11 Å². The molecule has 5 nitrogen and oxygen atoms in total. The summed E-state index contributed by atoms with van der Waals surface area (Å²) in [5, 5.41) is 4.72. The summed E-state index contributed by atoms with van der Waals surface area (Å²) in [7, 11) is -3.41. The van der Waals surface area contributed by atoms with Gasteiger partial charge in [0.2, 0.25) is 16.0 Å². The van der Waals surface area contributed by atoms with E-state index in [9.17, 15) is 21.6 Å². The lowest BCUT2D eigenvalue weighted by molar-refractivity contribution is 0.139. The van der Waals surface area contributed by atoms with Crippen LogP contribution in [0.5, 0.6) is 5.75 Å². The van der Waals surface area contributed by atoms with Gasteiger partial charge in [-0.25, -0.2) is 27.3 Å². The molecule has 1 aromatic rings. The highest BCUT2D eigenvalue weighted by Gasteiger charge is 2.26. The molecule has 0 aliphatic heterocycles. The molecule has 0 fully saturated rings. The molecule has 1 heterocycles. The van der Waals surface area contributed by atoms with Crippen molar-refractivity contribution in [2.75, 3.05) is 7.11 Å². The van der Waals surface area contributed by atoms with Crippen LogP contribution in [0.1, 0.15) is 12.1 Å². The minimum Gasteiger partial charge on any atom is -0.493 e. The van der Waals surface area contributed by atoms with Crippen molar-refractivity contribution in [2.45, 2.75) is 11.3 Å². The number of aromatic nitrogens is 1. The smallest absolute Gasteiger partial charge is 0.284 e. The van der Waals surface area contributed by atoms with Crippen molar-refractivity contribution >= 4 is 10.0 Å². The second-order valence-electron chi connectivity index (χ2n) is 2.71. The Bertz CT molecular complexity index is 504. The van der Waals surface area contributed by atoms with E-state index in [4.69, 9.17) is 5.14 Å². The normalized spacial score (nSPS) is 11.9. The Kier molecular flexibility index (Phi) is 3.38. The quantitative estimate of drug-likeness (QED) is 0.811. The first-order valence-corrected chi connectivity index (χ1v) is 5.37. The molecule has 0 atom stereocenters. The number of ether oxygens (including phenoxy) is 1. The predicted molar refractivity (Wildman–Crippen MR) is 47.1 cm³/mol. The third-order valence-electron chi connectivity index (χ3n) is 1.65. The van der Waals surface area contributed by atoms with Gasteiger partial charge in [-0.3, -0.25) is 0 Å². The number of halogens is 3. The lowest BCUT2D eigenvalue weighted by atomic mass is 10.3. The molecule has 0 amide bonds. The summed E-state index contributed by atoms with van der Waals surface area (Å²) in [4.78, 5) is 1.99. The number of primary sulfonamides is 1. The summed E-state index contributed by atoms with van der Waals surface area (Å²) in [6.07, 6.45) is -3.17. The summed E-state index contributed by atoms with van der Waals surface area (Å²) in [6.45, 7) is 0. The maximum atomic E-state index is 12.8. The Labute approximate surface area is 89.1 Å². The Morgan fingerprint density at radius 1 is 1.50 bits per heavy atom. The fourth-order valence-corrected chi connectivity index (χ4v) is 1.77. The molecule has 9 heteroatoms. The molecule has 0 spiro atoms. The number of hydrogen-bond donors (Lipinski definition) is 1. The average Bonchev–Trinajstić information content (AvgIpc) is 2.14. The molecule has 0 aliphatic carbocycles. The lowest BCUT2D eigenvalue weighted by Crippen LogP contribution is -2.16. The molecule has 90 valence electrons. The first-order valence-electron chi connectivity index (χ1n) is 3.82. The number of rotatable bonds is 3. The second-order valence-corrected chi connectivity index (χ2v) is 4.24. The van der Waals surface area contributed by atoms with Crippen LogP contribution >= 0.6 is 0 Å².